The number of nitrogens with zero attached hydrogens (tertiary/aromatic N) is 5. The zero-order valence-electron chi connectivity index (χ0n) is 33.6. The van der Waals surface area contributed by atoms with Crippen LogP contribution in [0.15, 0.2) is 224 Å². The van der Waals surface area contributed by atoms with E-state index in [-0.39, 0.29) is 0 Å². The molecule has 0 amide bonds. The molecule has 0 spiro atoms. The molecule has 62 heavy (non-hydrogen) atoms. The van der Waals surface area contributed by atoms with Crippen LogP contribution in [0, 0.1) is 0 Å². The first-order valence-electron chi connectivity index (χ1n) is 21.0. The second-order valence-electron chi connectivity index (χ2n) is 15.5. The fourth-order valence-corrected chi connectivity index (χ4v) is 9.32. The number of aromatic nitrogens is 3. The Bertz CT molecular complexity index is 2980. The van der Waals surface area contributed by atoms with E-state index in [0.717, 1.165) is 73.1 Å². The molecule has 3 heterocycles. The fraction of sp³-hybridized carbons (Fsp3) is 0. The van der Waals surface area contributed by atoms with Gasteiger partial charge in [0.1, 0.15) is 0 Å². The molecule has 0 fully saturated rings. The molecular weight excluding hydrogens is 755 g/mol. The summed E-state index contributed by atoms with van der Waals surface area (Å²) in [7, 11) is 0. The van der Waals surface area contributed by atoms with Crippen LogP contribution in [0.4, 0.5) is 34.1 Å². The van der Waals surface area contributed by atoms with Crippen LogP contribution in [0.5, 0.6) is 0 Å². The van der Waals surface area contributed by atoms with Gasteiger partial charge in [-0.15, -0.1) is 0 Å². The van der Waals surface area contributed by atoms with Crippen molar-refractivity contribution in [1.29, 1.82) is 0 Å². The molecule has 0 unspecified atom stereocenters. The van der Waals surface area contributed by atoms with Gasteiger partial charge in [0, 0.05) is 33.4 Å². The summed E-state index contributed by atoms with van der Waals surface area (Å²) in [5, 5.41) is 0. The predicted octanol–water partition coefficient (Wildman–Crippen LogP) is 15.1. The second kappa shape index (κ2) is 14.7. The molecule has 2 aliphatic rings. The van der Waals surface area contributed by atoms with Crippen molar-refractivity contribution in [2.45, 2.75) is 0 Å². The van der Waals surface area contributed by atoms with Crippen molar-refractivity contribution >= 4 is 34.1 Å². The van der Waals surface area contributed by atoms with Crippen LogP contribution in [0.3, 0.4) is 0 Å². The number of para-hydroxylation sites is 4. The Morgan fingerprint density at radius 1 is 0.210 bits per heavy atom. The monoisotopic (exact) mass is 791 g/mol. The van der Waals surface area contributed by atoms with Gasteiger partial charge in [0.05, 0.1) is 39.7 Å². The average Bonchev–Trinajstić information content (AvgIpc) is 3.56. The zero-order chi connectivity index (χ0) is 41.0. The fourth-order valence-electron chi connectivity index (χ4n) is 9.32. The van der Waals surface area contributed by atoms with E-state index in [4.69, 9.17) is 15.0 Å². The topological polar surface area (TPSA) is 45.2 Å². The maximum atomic E-state index is 5.48. The highest BCUT2D eigenvalue weighted by Crippen LogP contribution is 2.57. The van der Waals surface area contributed by atoms with Crippen LogP contribution >= 0.6 is 0 Å². The van der Waals surface area contributed by atoms with Crippen molar-refractivity contribution in [2.24, 2.45) is 0 Å². The predicted molar refractivity (Wildman–Crippen MR) is 254 cm³/mol. The van der Waals surface area contributed by atoms with Crippen molar-refractivity contribution in [2.75, 3.05) is 9.80 Å². The molecule has 0 aliphatic carbocycles. The summed E-state index contributed by atoms with van der Waals surface area (Å²) in [6.07, 6.45) is 0. The third-order valence-electron chi connectivity index (χ3n) is 12.0. The molecule has 5 heteroatoms. The van der Waals surface area contributed by atoms with Gasteiger partial charge < -0.3 is 9.80 Å². The zero-order valence-corrected chi connectivity index (χ0v) is 33.6. The number of rotatable bonds is 5. The molecule has 0 bridgehead atoms. The maximum absolute atomic E-state index is 5.48. The van der Waals surface area contributed by atoms with E-state index in [9.17, 15) is 0 Å². The molecule has 12 rings (SSSR count). The Labute approximate surface area is 360 Å². The van der Waals surface area contributed by atoms with Crippen LogP contribution in [0.2, 0.25) is 0 Å². The third-order valence-corrected chi connectivity index (χ3v) is 12.0. The minimum atomic E-state index is 0.566. The van der Waals surface area contributed by atoms with Crippen LogP contribution < -0.4 is 9.80 Å². The summed E-state index contributed by atoms with van der Waals surface area (Å²) < 4.78 is 0. The van der Waals surface area contributed by atoms with Crippen molar-refractivity contribution in [3.63, 3.8) is 0 Å². The Hall–Kier alpha value is -8.41. The maximum Gasteiger partial charge on any atom is 0.168 e. The minimum absolute atomic E-state index is 0.566. The number of anilines is 6. The Morgan fingerprint density at radius 2 is 0.468 bits per heavy atom. The Morgan fingerprint density at radius 3 is 0.806 bits per heavy atom. The molecule has 2 aliphatic heterocycles. The van der Waals surface area contributed by atoms with E-state index in [0.29, 0.717) is 17.5 Å². The van der Waals surface area contributed by atoms with E-state index in [2.05, 4.69) is 198 Å². The van der Waals surface area contributed by atoms with Gasteiger partial charge in [-0.25, -0.2) is 15.0 Å². The lowest BCUT2D eigenvalue weighted by Crippen LogP contribution is -2.17. The first-order chi connectivity index (χ1) is 30.8. The van der Waals surface area contributed by atoms with Gasteiger partial charge in [-0.2, -0.15) is 0 Å². The normalized spacial score (nSPS) is 12.1. The molecule has 10 aromatic rings. The minimum Gasteiger partial charge on any atom is -0.308 e. The first kappa shape index (κ1) is 35.5. The summed E-state index contributed by atoms with van der Waals surface area (Å²) in [6.45, 7) is 0. The van der Waals surface area contributed by atoms with Gasteiger partial charge in [-0.05, 0) is 58.7 Å². The lowest BCUT2D eigenvalue weighted by molar-refractivity contribution is 1.07. The highest BCUT2D eigenvalue weighted by molar-refractivity contribution is 6.09. The lowest BCUT2D eigenvalue weighted by atomic mass is 9.95. The van der Waals surface area contributed by atoms with E-state index in [1.165, 1.54) is 22.3 Å². The van der Waals surface area contributed by atoms with E-state index >= 15 is 0 Å². The number of hydrogen-bond acceptors (Lipinski definition) is 5. The molecule has 290 valence electrons. The first-order valence-corrected chi connectivity index (χ1v) is 21.0. The number of hydrogen-bond donors (Lipinski definition) is 0. The van der Waals surface area contributed by atoms with Gasteiger partial charge in [0.25, 0.3) is 0 Å². The quantitative estimate of drug-likeness (QED) is 0.174. The molecule has 0 radical (unpaired) electrons. The third kappa shape index (κ3) is 5.75. The van der Waals surface area contributed by atoms with Crippen LogP contribution in [0.1, 0.15) is 0 Å². The molecular formula is C57H37N5. The average molecular weight is 792 g/mol. The highest BCUT2D eigenvalue weighted by atomic mass is 15.2. The van der Waals surface area contributed by atoms with Crippen molar-refractivity contribution < 1.29 is 0 Å². The summed E-state index contributed by atoms with van der Waals surface area (Å²) in [5.41, 5.74) is 18.1. The summed E-state index contributed by atoms with van der Waals surface area (Å²) >= 11 is 0. The SMILES string of the molecule is c1ccc(-c2nc(-c3ccccc3)nc(-c3c(N4c5ccccc5-c5ccccc5-c5ccccc54)cccc3N3c4ccccc4-c4ccccc4-c4ccccc43)n2)cc1. The van der Waals surface area contributed by atoms with Crippen LogP contribution in [-0.2, 0) is 0 Å². The van der Waals surface area contributed by atoms with Crippen molar-refractivity contribution in [3.8, 4) is 78.7 Å². The van der Waals surface area contributed by atoms with Gasteiger partial charge in [-0.1, -0.05) is 188 Å². The highest BCUT2D eigenvalue weighted by Gasteiger charge is 2.33. The molecule has 0 N–H and O–H groups in total. The van der Waals surface area contributed by atoms with Crippen LogP contribution in [0.25, 0.3) is 78.7 Å². The summed E-state index contributed by atoms with van der Waals surface area (Å²) in [6, 6.07) is 79.5. The molecule has 0 saturated heterocycles. The molecule has 0 atom stereocenters. The van der Waals surface area contributed by atoms with Gasteiger partial charge in [0.2, 0.25) is 0 Å². The van der Waals surface area contributed by atoms with Crippen molar-refractivity contribution in [3.05, 3.63) is 224 Å². The second-order valence-corrected chi connectivity index (χ2v) is 15.5. The van der Waals surface area contributed by atoms with E-state index in [1.807, 2.05) is 36.4 Å². The molecule has 9 aromatic carbocycles. The largest absolute Gasteiger partial charge is 0.308 e. The van der Waals surface area contributed by atoms with E-state index < -0.39 is 0 Å². The molecule has 1 aromatic heterocycles. The smallest absolute Gasteiger partial charge is 0.168 e. The molecule has 0 saturated carbocycles. The van der Waals surface area contributed by atoms with E-state index in [1.54, 1.807) is 0 Å². The lowest BCUT2D eigenvalue weighted by Gasteiger charge is -2.33. The summed E-state index contributed by atoms with van der Waals surface area (Å²) in [4.78, 5) is 21.0. The van der Waals surface area contributed by atoms with Gasteiger partial charge in [0.15, 0.2) is 17.5 Å². The molecule has 5 nitrogen and oxygen atoms in total. The Kier molecular flexibility index (Phi) is 8.42. The summed E-state index contributed by atoms with van der Waals surface area (Å²) in [5.74, 6) is 1.77. The Balaban J connectivity index is 1.23. The van der Waals surface area contributed by atoms with Crippen molar-refractivity contribution in [1.82, 2.24) is 15.0 Å². The number of fused-ring (bicyclic) bond motifs is 10. The van der Waals surface area contributed by atoms with Gasteiger partial charge >= 0.3 is 0 Å². The standard InChI is InChI=1S/C57H37N5/c1-3-20-38(21-4-1)55-58-56(39-22-5-2-6-23-39)60-57(59-55)54-52(61-48-32-15-11-28-44(48)40-24-7-8-25-41(40)45-29-12-16-33-49(45)61)36-19-37-53(54)62-50-34-17-13-30-46(50)42-26-9-10-27-43(42)47-31-14-18-35-51(47)62/h1-37H. The van der Waals surface area contributed by atoms with Crippen LogP contribution in [-0.4, -0.2) is 15.0 Å². The number of benzene rings is 9. The van der Waals surface area contributed by atoms with Gasteiger partial charge in [-0.3, -0.25) is 0 Å².